The van der Waals surface area contributed by atoms with Gasteiger partial charge in [0, 0.05) is 13.1 Å². The second-order valence-electron chi connectivity index (χ2n) is 4.55. The standard InChI is InChI=1S/C11H17N5O3/c1-2-3-8(11(18)19)13-10(17)9-6-16(15-14-9)7-4-12-5-7/h6-8,12H,2-5H2,1H3,(H,13,17)(H,18,19)/t8-/m0/s1. The molecule has 0 unspecified atom stereocenters. The average molecular weight is 267 g/mol. The van der Waals surface area contributed by atoms with E-state index in [1.807, 2.05) is 6.92 Å². The van der Waals surface area contributed by atoms with Crippen molar-refractivity contribution in [1.82, 2.24) is 25.6 Å². The highest BCUT2D eigenvalue weighted by molar-refractivity contribution is 5.94. The van der Waals surface area contributed by atoms with Crippen LogP contribution in [0.1, 0.15) is 36.3 Å². The van der Waals surface area contributed by atoms with E-state index in [1.54, 1.807) is 10.9 Å². The molecular formula is C11H17N5O3. The Kier molecular flexibility index (Phi) is 4.10. The van der Waals surface area contributed by atoms with Crippen molar-refractivity contribution in [1.29, 1.82) is 0 Å². The molecule has 1 aromatic heterocycles. The molecule has 0 radical (unpaired) electrons. The molecular weight excluding hydrogens is 250 g/mol. The number of carbonyl (C=O) groups excluding carboxylic acids is 1. The maximum Gasteiger partial charge on any atom is 0.326 e. The first-order valence-corrected chi connectivity index (χ1v) is 6.28. The molecule has 8 heteroatoms. The monoisotopic (exact) mass is 267 g/mol. The highest BCUT2D eigenvalue weighted by Crippen LogP contribution is 2.10. The molecule has 0 spiro atoms. The number of carboxylic acids is 1. The smallest absolute Gasteiger partial charge is 0.326 e. The summed E-state index contributed by atoms with van der Waals surface area (Å²) in [6.07, 6.45) is 2.62. The number of aliphatic carboxylic acids is 1. The fraction of sp³-hybridized carbons (Fsp3) is 0.636. The molecule has 1 saturated heterocycles. The molecule has 0 aromatic carbocycles. The van der Waals surface area contributed by atoms with Gasteiger partial charge in [0.1, 0.15) is 6.04 Å². The van der Waals surface area contributed by atoms with Crippen molar-refractivity contribution in [3.05, 3.63) is 11.9 Å². The van der Waals surface area contributed by atoms with Crippen LogP contribution in [-0.2, 0) is 4.79 Å². The summed E-state index contributed by atoms with van der Waals surface area (Å²) in [6.45, 7) is 3.47. The van der Waals surface area contributed by atoms with Gasteiger partial charge in [0.25, 0.3) is 5.91 Å². The van der Waals surface area contributed by atoms with E-state index in [-0.39, 0.29) is 11.7 Å². The van der Waals surface area contributed by atoms with Crippen molar-refractivity contribution in [2.45, 2.75) is 31.8 Å². The number of aromatic nitrogens is 3. The van der Waals surface area contributed by atoms with Crippen molar-refractivity contribution in [3.63, 3.8) is 0 Å². The van der Waals surface area contributed by atoms with Gasteiger partial charge in [-0.25, -0.2) is 9.48 Å². The normalized spacial score (nSPS) is 16.7. The predicted molar refractivity (Wildman–Crippen MR) is 65.7 cm³/mol. The average Bonchev–Trinajstić information content (AvgIpc) is 2.75. The number of nitrogens with one attached hydrogen (secondary N) is 2. The number of carbonyl (C=O) groups is 2. The zero-order chi connectivity index (χ0) is 13.8. The summed E-state index contributed by atoms with van der Waals surface area (Å²) in [6, 6.07) is -0.659. The first-order valence-electron chi connectivity index (χ1n) is 6.28. The van der Waals surface area contributed by atoms with Crippen LogP contribution in [-0.4, -0.2) is 51.1 Å². The number of nitrogens with zero attached hydrogens (tertiary/aromatic N) is 3. The summed E-state index contributed by atoms with van der Waals surface area (Å²) < 4.78 is 1.63. The molecule has 104 valence electrons. The lowest BCUT2D eigenvalue weighted by Crippen LogP contribution is -2.43. The number of amides is 1. The molecule has 19 heavy (non-hydrogen) atoms. The maximum absolute atomic E-state index is 11.9. The molecule has 0 bridgehead atoms. The van der Waals surface area contributed by atoms with Gasteiger partial charge in [-0.1, -0.05) is 18.6 Å². The third-order valence-corrected chi connectivity index (χ3v) is 3.06. The van der Waals surface area contributed by atoms with Gasteiger partial charge >= 0.3 is 5.97 Å². The first-order chi connectivity index (χ1) is 9.11. The van der Waals surface area contributed by atoms with E-state index >= 15 is 0 Å². The zero-order valence-corrected chi connectivity index (χ0v) is 10.7. The molecule has 1 amide bonds. The zero-order valence-electron chi connectivity index (χ0n) is 10.7. The largest absolute Gasteiger partial charge is 0.480 e. The predicted octanol–water partition coefficient (Wildman–Crippen LogP) is -0.594. The summed E-state index contributed by atoms with van der Waals surface area (Å²) in [5.41, 5.74) is 0.147. The van der Waals surface area contributed by atoms with E-state index in [9.17, 15) is 9.59 Å². The lowest BCUT2D eigenvalue weighted by atomic mass is 10.1. The Morgan fingerprint density at radius 3 is 2.89 bits per heavy atom. The van der Waals surface area contributed by atoms with Crippen LogP contribution in [0.4, 0.5) is 0 Å². The van der Waals surface area contributed by atoms with E-state index in [0.717, 1.165) is 13.1 Å². The molecule has 3 N–H and O–H groups in total. The van der Waals surface area contributed by atoms with Gasteiger partial charge in [-0.15, -0.1) is 5.10 Å². The van der Waals surface area contributed by atoms with Gasteiger partial charge in [0.05, 0.1) is 12.2 Å². The second-order valence-corrected chi connectivity index (χ2v) is 4.55. The fourth-order valence-electron chi connectivity index (χ4n) is 1.80. The molecule has 1 fully saturated rings. The molecule has 2 heterocycles. The Morgan fingerprint density at radius 1 is 1.63 bits per heavy atom. The summed E-state index contributed by atoms with van der Waals surface area (Å²) >= 11 is 0. The molecule has 0 saturated carbocycles. The van der Waals surface area contributed by atoms with Gasteiger partial charge in [-0.2, -0.15) is 0 Å². The lowest BCUT2D eigenvalue weighted by molar-refractivity contribution is -0.139. The second kappa shape index (κ2) is 5.79. The molecule has 1 atom stereocenters. The fourth-order valence-corrected chi connectivity index (χ4v) is 1.80. The van der Waals surface area contributed by atoms with Crippen molar-refractivity contribution in [2.75, 3.05) is 13.1 Å². The summed E-state index contributed by atoms with van der Waals surface area (Å²) in [5, 5.41) is 22.2. The maximum atomic E-state index is 11.9. The number of hydrogen-bond donors (Lipinski definition) is 3. The highest BCUT2D eigenvalue weighted by atomic mass is 16.4. The molecule has 1 aromatic rings. The van der Waals surface area contributed by atoms with Crippen LogP contribution in [0.25, 0.3) is 0 Å². The summed E-state index contributed by atoms with van der Waals surface area (Å²) in [4.78, 5) is 22.8. The molecule has 2 rings (SSSR count). The van der Waals surface area contributed by atoms with Crippen molar-refractivity contribution >= 4 is 11.9 Å². The van der Waals surface area contributed by atoms with E-state index < -0.39 is 17.9 Å². The summed E-state index contributed by atoms with van der Waals surface area (Å²) in [7, 11) is 0. The van der Waals surface area contributed by atoms with Crippen LogP contribution in [0.3, 0.4) is 0 Å². The Morgan fingerprint density at radius 2 is 2.37 bits per heavy atom. The van der Waals surface area contributed by atoms with Crippen molar-refractivity contribution in [3.8, 4) is 0 Å². The Bertz CT molecular complexity index is 469. The first kappa shape index (κ1) is 13.5. The molecule has 1 aliphatic rings. The van der Waals surface area contributed by atoms with Gasteiger partial charge < -0.3 is 15.7 Å². The Labute approximate surface area is 110 Å². The van der Waals surface area contributed by atoms with E-state index in [4.69, 9.17) is 5.11 Å². The summed E-state index contributed by atoms with van der Waals surface area (Å²) in [5.74, 6) is -1.54. The van der Waals surface area contributed by atoms with E-state index in [2.05, 4.69) is 20.9 Å². The van der Waals surface area contributed by atoms with Crippen LogP contribution >= 0.6 is 0 Å². The van der Waals surface area contributed by atoms with Crippen LogP contribution < -0.4 is 10.6 Å². The van der Waals surface area contributed by atoms with Crippen molar-refractivity contribution < 1.29 is 14.7 Å². The third kappa shape index (κ3) is 3.08. The van der Waals surface area contributed by atoms with Crippen LogP contribution in [0.15, 0.2) is 6.20 Å². The Hall–Kier alpha value is -1.96. The Balaban J connectivity index is 1.98. The SMILES string of the molecule is CCC[C@H](NC(=O)c1cn(C2CNC2)nn1)C(=O)O. The minimum Gasteiger partial charge on any atom is -0.480 e. The van der Waals surface area contributed by atoms with Gasteiger partial charge in [-0.3, -0.25) is 4.79 Å². The molecule has 0 aliphatic carbocycles. The minimum absolute atomic E-state index is 0.147. The molecule has 8 nitrogen and oxygen atoms in total. The van der Waals surface area contributed by atoms with Crippen LogP contribution in [0.2, 0.25) is 0 Å². The molecule has 1 aliphatic heterocycles. The van der Waals surface area contributed by atoms with Gasteiger partial charge in [-0.05, 0) is 6.42 Å². The highest BCUT2D eigenvalue weighted by Gasteiger charge is 2.24. The quantitative estimate of drug-likeness (QED) is 0.635. The number of rotatable bonds is 6. The topological polar surface area (TPSA) is 109 Å². The third-order valence-electron chi connectivity index (χ3n) is 3.06. The minimum atomic E-state index is -1.04. The number of hydrogen-bond acceptors (Lipinski definition) is 5. The van der Waals surface area contributed by atoms with Gasteiger partial charge in [0.2, 0.25) is 0 Å². The van der Waals surface area contributed by atoms with E-state index in [1.165, 1.54) is 0 Å². The van der Waals surface area contributed by atoms with Crippen LogP contribution in [0.5, 0.6) is 0 Å². The van der Waals surface area contributed by atoms with Crippen LogP contribution in [0, 0.1) is 0 Å². The van der Waals surface area contributed by atoms with Crippen molar-refractivity contribution in [2.24, 2.45) is 0 Å². The number of carboxylic acid groups (broad SMARTS) is 1. The lowest BCUT2D eigenvalue weighted by Gasteiger charge is -2.26. The van der Waals surface area contributed by atoms with E-state index in [0.29, 0.717) is 12.8 Å². The van der Waals surface area contributed by atoms with Gasteiger partial charge in [0.15, 0.2) is 5.69 Å².